The molecule has 0 spiro atoms. The van der Waals surface area contributed by atoms with Gasteiger partial charge in [0.15, 0.2) is 5.13 Å². The van der Waals surface area contributed by atoms with E-state index in [2.05, 4.69) is 10.3 Å². The van der Waals surface area contributed by atoms with E-state index in [-0.39, 0.29) is 18.1 Å². The van der Waals surface area contributed by atoms with Crippen LogP contribution in [0.2, 0.25) is 0 Å². The van der Waals surface area contributed by atoms with Crippen LogP contribution in [-0.4, -0.2) is 17.6 Å². The topological polar surface area (TPSA) is 51.2 Å². The van der Waals surface area contributed by atoms with Gasteiger partial charge in [0, 0.05) is 17.9 Å². The SMILES string of the molecule is CCOC(=O)CCc1csc(Nc2cc(F)ccc2F)n1. The molecule has 0 radical (unpaired) electrons. The van der Waals surface area contributed by atoms with Crippen molar-refractivity contribution in [2.45, 2.75) is 19.8 Å². The lowest BCUT2D eigenvalue weighted by atomic mass is 10.2. The monoisotopic (exact) mass is 312 g/mol. The minimum absolute atomic E-state index is 0.0290. The summed E-state index contributed by atoms with van der Waals surface area (Å²) in [4.78, 5) is 15.5. The highest BCUT2D eigenvalue weighted by atomic mass is 32.1. The van der Waals surface area contributed by atoms with Crippen LogP contribution in [-0.2, 0) is 16.0 Å². The van der Waals surface area contributed by atoms with Crippen LogP contribution < -0.4 is 5.32 Å². The minimum Gasteiger partial charge on any atom is -0.466 e. The molecule has 21 heavy (non-hydrogen) atoms. The van der Waals surface area contributed by atoms with Gasteiger partial charge < -0.3 is 10.1 Å². The largest absolute Gasteiger partial charge is 0.466 e. The van der Waals surface area contributed by atoms with Crippen molar-refractivity contribution in [2.24, 2.45) is 0 Å². The number of nitrogens with zero attached hydrogens (tertiary/aromatic N) is 1. The van der Waals surface area contributed by atoms with Gasteiger partial charge in [0.25, 0.3) is 0 Å². The maximum atomic E-state index is 13.5. The van der Waals surface area contributed by atoms with Gasteiger partial charge in [-0.05, 0) is 19.1 Å². The number of aryl methyl sites for hydroxylation is 1. The van der Waals surface area contributed by atoms with Crippen molar-refractivity contribution in [3.63, 3.8) is 0 Å². The number of halogens is 2. The molecule has 1 aromatic carbocycles. The lowest BCUT2D eigenvalue weighted by Gasteiger charge is -2.04. The average molecular weight is 312 g/mol. The van der Waals surface area contributed by atoms with E-state index in [1.54, 1.807) is 12.3 Å². The third-order valence-electron chi connectivity index (χ3n) is 2.61. The van der Waals surface area contributed by atoms with Crippen LogP contribution in [0.4, 0.5) is 19.6 Å². The standard InChI is InChI=1S/C14H14F2N2O2S/c1-2-20-13(19)6-4-10-8-21-14(17-10)18-12-7-9(15)3-5-11(12)16/h3,5,7-8H,2,4,6H2,1H3,(H,17,18). The Morgan fingerprint density at radius 1 is 1.43 bits per heavy atom. The molecule has 7 heteroatoms. The van der Waals surface area contributed by atoms with E-state index in [9.17, 15) is 13.6 Å². The second-order valence-electron chi connectivity index (χ2n) is 4.20. The quantitative estimate of drug-likeness (QED) is 0.827. The van der Waals surface area contributed by atoms with Gasteiger partial charge in [-0.1, -0.05) is 0 Å². The van der Waals surface area contributed by atoms with E-state index < -0.39 is 11.6 Å². The third kappa shape index (κ3) is 4.49. The molecular weight excluding hydrogens is 298 g/mol. The molecule has 0 saturated carbocycles. The van der Waals surface area contributed by atoms with Crippen LogP contribution in [0.15, 0.2) is 23.6 Å². The van der Waals surface area contributed by atoms with Crippen molar-refractivity contribution in [1.82, 2.24) is 4.98 Å². The highest BCUT2D eigenvalue weighted by Gasteiger charge is 2.09. The summed E-state index contributed by atoms with van der Waals surface area (Å²) in [5.41, 5.74) is 0.730. The molecule has 1 heterocycles. The Labute approximate surface area is 124 Å². The van der Waals surface area contributed by atoms with Gasteiger partial charge in [0.05, 0.1) is 24.4 Å². The summed E-state index contributed by atoms with van der Waals surface area (Å²) in [6, 6.07) is 3.16. The molecular formula is C14H14F2N2O2S. The molecule has 0 bridgehead atoms. The molecule has 0 aliphatic rings. The highest BCUT2D eigenvalue weighted by molar-refractivity contribution is 7.13. The number of ether oxygens (including phenoxy) is 1. The number of anilines is 2. The zero-order valence-electron chi connectivity index (χ0n) is 11.4. The summed E-state index contributed by atoms with van der Waals surface area (Å²) < 4.78 is 31.4. The molecule has 0 unspecified atom stereocenters. The molecule has 0 fully saturated rings. The van der Waals surface area contributed by atoms with Crippen molar-refractivity contribution in [3.05, 3.63) is 40.9 Å². The number of hydrogen-bond donors (Lipinski definition) is 1. The summed E-state index contributed by atoms with van der Waals surface area (Å²) in [6.07, 6.45) is 0.688. The number of thiazole rings is 1. The summed E-state index contributed by atoms with van der Waals surface area (Å²) in [5.74, 6) is -1.37. The fraction of sp³-hybridized carbons (Fsp3) is 0.286. The first kappa shape index (κ1) is 15.4. The number of esters is 1. The van der Waals surface area contributed by atoms with E-state index in [1.807, 2.05) is 0 Å². The number of carbonyl (C=O) groups excluding carboxylic acids is 1. The lowest BCUT2D eigenvalue weighted by molar-refractivity contribution is -0.143. The summed E-state index contributed by atoms with van der Waals surface area (Å²) in [7, 11) is 0. The van der Waals surface area contributed by atoms with E-state index in [0.29, 0.717) is 23.9 Å². The fourth-order valence-electron chi connectivity index (χ4n) is 1.65. The first-order valence-corrected chi connectivity index (χ1v) is 7.28. The van der Waals surface area contributed by atoms with E-state index in [1.165, 1.54) is 11.3 Å². The second kappa shape index (κ2) is 7.12. The van der Waals surface area contributed by atoms with Gasteiger partial charge in [0.1, 0.15) is 11.6 Å². The lowest BCUT2D eigenvalue weighted by Crippen LogP contribution is -2.05. The Hall–Kier alpha value is -2.02. The van der Waals surface area contributed by atoms with Crippen LogP contribution >= 0.6 is 11.3 Å². The Bertz CT molecular complexity index is 631. The zero-order chi connectivity index (χ0) is 15.2. The van der Waals surface area contributed by atoms with E-state index >= 15 is 0 Å². The predicted molar refractivity (Wildman–Crippen MR) is 76.7 cm³/mol. The van der Waals surface area contributed by atoms with Gasteiger partial charge >= 0.3 is 5.97 Å². The molecule has 0 aliphatic heterocycles. The molecule has 2 rings (SSSR count). The van der Waals surface area contributed by atoms with Crippen molar-refractivity contribution in [2.75, 3.05) is 11.9 Å². The smallest absolute Gasteiger partial charge is 0.306 e. The maximum absolute atomic E-state index is 13.5. The Morgan fingerprint density at radius 2 is 2.24 bits per heavy atom. The number of carbonyl (C=O) groups is 1. The molecule has 1 N–H and O–H groups in total. The van der Waals surface area contributed by atoms with Crippen LogP contribution in [0.25, 0.3) is 0 Å². The van der Waals surface area contributed by atoms with Crippen LogP contribution in [0.1, 0.15) is 19.0 Å². The van der Waals surface area contributed by atoms with Crippen LogP contribution in [0, 0.1) is 11.6 Å². The molecule has 1 aromatic heterocycles. The van der Waals surface area contributed by atoms with Crippen molar-refractivity contribution in [3.8, 4) is 0 Å². The number of aromatic nitrogens is 1. The van der Waals surface area contributed by atoms with Gasteiger partial charge in [-0.25, -0.2) is 13.8 Å². The normalized spacial score (nSPS) is 10.4. The number of rotatable bonds is 6. The molecule has 0 atom stereocenters. The van der Waals surface area contributed by atoms with Crippen molar-refractivity contribution in [1.29, 1.82) is 0 Å². The van der Waals surface area contributed by atoms with E-state index in [4.69, 9.17) is 4.74 Å². The predicted octanol–water partition coefficient (Wildman–Crippen LogP) is 3.66. The highest BCUT2D eigenvalue weighted by Crippen LogP contribution is 2.24. The molecule has 2 aromatic rings. The van der Waals surface area contributed by atoms with E-state index in [0.717, 1.165) is 18.2 Å². The first-order chi connectivity index (χ1) is 10.1. The first-order valence-electron chi connectivity index (χ1n) is 6.40. The van der Waals surface area contributed by atoms with Crippen LogP contribution in [0.3, 0.4) is 0 Å². The molecule has 0 saturated heterocycles. The van der Waals surface area contributed by atoms with Crippen molar-refractivity contribution < 1.29 is 18.3 Å². The molecule has 4 nitrogen and oxygen atoms in total. The van der Waals surface area contributed by atoms with Gasteiger partial charge in [-0.2, -0.15) is 0 Å². The third-order valence-corrected chi connectivity index (χ3v) is 3.42. The molecule has 0 aliphatic carbocycles. The van der Waals surface area contributed by atoms with Gasteiger partial charge in [0.2, 0.25) is 0 Å². The molecule has 0 amide bonds. The summed E-state index contributed by atoms with van der Waals surface area (Å²) in [5, 5.41) is 4.93. The minimum atomic E-state index is -0.556. The number of nitrogens with one attached hydrogen (secondary N) is 1. The summed E-state index contributed by atoms with van der Waals surface area (Å²) >= 11 is 1.26. The van der Waals surface area contributed by atoms with Gasteiger partial charge in [-0.15, -0.1) is 11.3 Å². The maximum Gasteiger partial charge on any atom is 0.306 e. The zero-order valence-corrected chi connectivity index (χ0v) is 12.2. The fourth-order valence-corrected chi connectivity index (χ4v) is 2.41. The second-order valence-corrected chi connectivity index (χ2v) is 5.06. The number of hydrogen-bond acceptors (Lipinski definition) is 5. The van der Waals surface area contributed by atoms with Crippen LogP contribution in [0.5, 0.6) is 0 Å². The summed E-state index contributed by atoms with van der Waals surface area (Å²) in [6.45, 7) is 2.10. The Kier molecular flexibility index (Phi) is 5.21. The van der Waals surface area contributed by atoms with Crippen molar-refractivity contribution >= 4 is 28.1 Å². The Morgan fingerprint density at radius 3 is 3.00 bits per heavy atom. The van der Waals surface area contributed by atoms with Gasteiger partial charge in [-0.3, -0.25) is 4.79 Å². The molecule has 112 valence electrons. The average Bonchev–Trinajstić information content (AvgIpc) is 2.89. The number of benzene rings is 1. The Balaban J connectivity index is 1.97.